The molecule has 2 heterocycles. The number of rotatable bonds is 5. The molecule has 8 heteroatoms. The molecule has 0 bridgehead atoms. The second-order valence-corrected chi connectivity index (χ2v) is 7.99. The van der Waals surface area contributed by atoms with E-state index in [1.165, 1.54) is 28.7 Å². The van der Waals surface area contributed by atoms with Crippen molar-refractivity contribution < 1.29 is 14.3 Å². The van der Waals surface area contributed by atoms with E-state index < -0.39 is 5.91 Å². The van der Waals surface area contributed by atoms with Gasteiger partial charge in [0, 0.05) is 16.0 Å². The van der Waals surface area contributed by atoms with Gasteiger partial charge in [-0.25, -0.2) is 0 Å². The van der Waals surface area contributed by atoms with Crippen LogP contribution in [0.25, 0.3) is 16.3 Å². The van der Waals surface area contributed by atoms with E-state index in [9.17, 15) is 9.59 Å². The summed E-state index contributed by atoms with van der Waals surface area (Å²) in [7, 11) is 0. The van der Waals surface area contributed by atoms with Crippen molar-refractivity contribution in [3.8, 4) is 0 Å². The van der Waals surface area contributed by atoms with Crippen LogP contribution in [-0.2, 0) is 20.9 Å². The van der Waals surface area contributed by atoms with Gasteiger partial charge in [-0.2, -0.15) is 4.99 Å². The van der Waals surface area contributed by atoms with Gasteiger partial charge in [0.1, 0.15) is 6.54 Å². The molecule has 140 valence electrons. The fourth-order valence-corrected chi connectivity index (χ4v) is 4.42. The van der Waals surface area contributed by atoms with Crippen LogP contribution in [0, 0.1) is 6.92 Å². The van der Waals surface area contributed by atoms with Crippen LogP contribution in [0.2, 0.25) is 5.02 Å². The summed E-state index contributed by atoms with van der Waals surface area (Å²) in [6.45, 7) is 3.88. The number of carbonyl (C=O) groups is 2. The van der Waals surface area contributed by atoms with E-state index in [4.69, 9.17) is 16.3 Å². The van der Waals surface area contributed by atoms with Crippen molar-refractivity contribution in [3.63, 3.8) is 0 Å². The highest BCUT2D eigenvalue weighted by Gasteiger charge is 2.15. The third-order valence-electron chi connectivity index (χ3n) is 3.76. The number of nitrogens with zero attached hydrogens (tertiary/aromatic N) is 2. The van der Waals surface area contributed by atoms with Gasteiger partial charge in [-0.3, -0.25) is 9.59 Å². The first-order valence-corrected chi connectivity index (χ1v) is 10.3. The standard InChI is InChI=1S/C19H17ClN2O3S2/c1-3-25-17(24)11-22-18-12(2)14(20)7-8-15(18)27-19(22)21-16(23)9-6-13-5-4-10-26-13/h4-10H,3,11H2,1-2H3/b9-6+,21-19?. The number of esters is 1. The Hall–Kier alpha value is -2.22. The van der Waals surface area contributed by atoms with E-state index in [1.54, 1.807) is 23.6 Å². The minimum Gasteiger partial charge on any atom is -0.465 e. The summed E-state index contributed by atoms with van der Waals surface area (Å²) in [5.74, 6) is -0.782. The van der Waals surface area contributed by atoms with Gasteiger partial charge < -0.3 is 9.30 Å². The largest absolute Gasteiger partial charge is 0.465 e. The van der Waals surface area contributed by atoms with Crippen LogP contribution in [0.3, 0.4) is 0 Å². The Morgan fingerprint density at radius 2 is 2.15 bits per heavy atom. The number of aryl methyl sites for hydroxylation is 1. The monoisotopic (exact) mass is 420 g/mol. The lowest BCUT2D eigenvalue weighted by molar-refractivity contribution is -0.143. The summed E-state index contributed by atoms with van der Waals surface area (Å²) in [5, 5.41) is 2.53. The molecule has 1 amide bonds. The number of hydrogen-bond donors (Lipinski definition) is 0. The van der Waals surface area contributed by atoms with Gasteiger partial charge in [0.15, 0.2) is 4.80 Å². The molecule has 0 aliphatic carbocycles. The minimum absolute atomic E-state index is 0.0320. The fraction of sp³-hybridized carbons (Fsp3) is 0.211. The van der Waals surface area contributed by atoms with Crippen molar-refractivity contribution >= 4 is 62.4 Å². The molecule has 3 rings (SSSR count). The normalized spacial score (nSPS) is 12.2. The van der Waals surface area contributed by atoms with Gasteiger partial charge >= 0.3 is 5.97 Å². The smallest absolute Gasteiger partial charge is 0.326 e. The summed E-state index contributed by atoms with van der Waals surface area (Å²) >= 11 is 9.12. The number of amides is 1. The van der Waals surface area contributed by atoms with Crippen LogP contribution < -0.4 is 4.80 Å². The van der Waals surface area contributed by atoms with Crippen molar-refractivity contribution in [1.29, 1.82) is 0 Å². The van der Waals surface area contributed by atoms with Crippen molar-refractivity contribution in [3.05, 3.63) is 56.0 Å². The molecule has 0 saturated carbocycles. The summed E-state index contributed by atoms with van der Waals surface area (Å²) in [5.41, 5.74) is 1.62. The lowest BCUT2D eigenvalue weighted by Crippen LogP contribution is -2.23. The van der Waals surface area contributed by atoms with Gasteiger partial charge in [-0.1, -0.05) is 29.0 Å². The Morgan fingerprint density at radius 3 is 2.85 bits per heavy atom. The SMILES string of the molecule is CCOC(=O)Cn1c(=NC(=O)/C=C/c2cccs2)sc2ccc(Cl)c(C)c21. The molecule has 0 aliphatic rings. The molecule has 1 aromatic carbocycles. The average molecular weight is 421 g/mol. The number of thiazole rings is 1. The molecular formula is C19H17ClN2O3S2. The summed E-state index contributed by atoms with van der Waals surface area (Å²) < 4.78 is 7.65. The third kappa shape index (κ3) is 4.55. The van der Waals surface area contributed by atoms with Crippen molar-refractivity contribution in [2.24, 2.45) is 4.99 Å². The predicted molar refractivity (Wildman–Crippen MR) is 110 cm³/mol. The van der Waals surface area contributed by atoms with Gasteiger partial charge in [-0.15, -0.1) is 11.3 Å². The van der Waals surface area contributed by atoms with E-state index in [0.717, 1.165) is 20.7 Å². The zero-order valence-corrected chi connectivity index (χ0v) is 17.2. The minimum atomic E-state index is -0.392. The topological polar surface area (TPSA) is 60.7 Å². The number of thiophene rings is 1. The summed E-state index contributed by atoms with van der Waals surface area (Å²) in [6, 6.07) is 7.49. The van der Waals surface area contributed by atoms with E-state index in [0.29, 0.717) is 9.82 Å². The van der Waals surface area contributed by atoms with Gasteiger partial charge in [-0.05, 0) is 49.1 Å². The Labute approximate surface area is 169 Å². The molecule has 5 nitrogen and oxygen atoms in total. The van der Waals surface area contributed by atoms with E-state index in [1.807, 2.05) is 30.5 Å². The number of benzene rings is 1. The lowest BCUT2D eigenvalue weighted by Gasteiger charge is -2.07. The summed E-state index contributed by atoms with van der Waals surface area (Å²) in [6.07, 6.45) is 3.15. The Kier molecular flexibility index (Phi) is 6.26. The van der Waals surface area contributed by atoms with Gasteiger partial charge in [0.2, 0.25) is 0 Å². The fourth-order valence-electron chi connectivity index (χ4n) is 2.55. The molecule has 27 heavy (non-hydrogen) atoms. The van der Waals surface area contributed by atoms with Crippen LogP contribution in [-0.4, -0.2) is 23.1 Å². The Balaban J connectivity index is 2.06. The van der Waals surface area contributed by atoms with Crippen molar-refractivity contribution in [2.75, 3.05) is 6.61 Å². The molecule has 3 aromatic rings. The first kappa shape index (κ1) is 19.5. The van der Waals surface area contributed by atoms with Crippen molar-refractivity contribution in [1.82, 2.24) is 4.57 Å². The van der Waals surface area contributed by atoms with Crippen LogP contribution in [0.1, 0.15) is 17.4 Å². The molecule has 0 aliphatic heterocycles. The van der Waals surface area contributed by atoms with E-state index >= 15 is 0 Å². The van der Waals surface area contributed by atoms with E-state index in [2.05, 4.69) is 4.99 Å². The first-order chi connectivity index (χ1) is 13.0. The number of fused-ring (bicyclic) bond motifs is 1. The molecule has 0 N–H and O–H groups in total. The molecule has 0 radical (unpaired) electrons. The molecule has 0 spiro atoms. The van der Waals surface area contributed by atoms with Crippen LogP contribution >= 0.6 is 34.3 Å². The van der Waals surface area contributed by atoms with E-state index in [-0.39, 0.29) is 19.1 Å². The highest BCUT2D eigenvalue weighted by Crippen LogP contribution is 2.27. The third-order valence-corrected chi connectivity index (χ3v) is 6.05. The van der Waals surface area contributed by atoms with Crippen LogP contribution in [0.15, 0.2) is 40.7 Å². The highest BCUT2D eigenvalue weighted by atomic mass is 35.5. The number of halogens is 1. The second kappa shape index (κ2) is 8.65. The summed E-state index contributed by atoms with van der Waals surface area (Å²) in [4.78, 5) is 30.0. The maximum Gasteiger partial charge on any atom is 0.326 e. The number of aromatic nitrogens is 1. The predicted octanol–water partition coefficient (Wildman–Crippen LogP) is 4.43. The molecule has 0 atom stereocenters. The number of hydrogen-bond acceptors (Lipinski definition) is 5. The molecule has 0 saturated heterocycles. The highest BCUT2D eigenvalue weighted by molar-refractivity contribution is 7.16. The lowest BCUT2D eigenvalue weighted by atomic mass is 10.2. The Morgan fingerprint density at radius 1 is 1.33 bits per heavy atom. The van der Waals surface area contributed by atoms with Gasteiger partial charge in [0.05, 0.1) is 16.8 Å². The molecule has 2 aromatic heterocycles. The molecule has 0 fully saturated rings. The van der Waals surface area contributed by atoms with Gasteiger partial charge in [0.25, 0.3) is 5.91 Å². The zero-order chi connectivity index (χ0) is 19.4. The zero-order valence-electron chi connectivity index (χ0n) is 14.8. The Bertz CT molecular complexity index is 1080. The number of carbonyl (C=O) groups excluding carboxylic acids is 2. The average Bonchev–Trinajstić information content (AvgIpc) is 3.26. The quantitative estimate of drug-likeness (QED) is 0.453. The molecular weight excluding hydrogens is 404 g/mol. The second-order valence-electron chi connectivity index (χ2n) is 5.59. The first-order valence-electron chi connectivity index (χ1n) is 8.24. The van der Waals surface area contributed by atoms with Crippen LogP contribution in [0.4, 0.5) is 0 Å². The van der Waals surface area contributed by atoms with Crippen molar-refractivity contribution in [2.45, 2.75) is 20.4 Å². The maximum absolute atomic E-state index is 12.3. The van der Waals surface area contributed by atoms with Crippen LogP contribution in [0.5, 0.6) is 0 Å². The maximum atomic E-state index is 12.3. The number of ether oxygens (including phenoxy) is 1. The molecule has 0 unspecified atom stereocenters.